The van der Waals surface area contributed by atoms with E-state index in [9.17, 15) is 8.42 Å². The van der Waals surface area contributed by atoms with Gasteiger partial charge in [-0.05, 0) is 42.3 Å². The van der Waals surface area contributed by atoms with Crippen molar-refractivity contribution in [3.63, 3.8) is 0 Å². The molecule has 0 bridgehead atoms. The maximum absolute atomic E-state index is 13.1. The van der Waals surface area contributed by atoms with Crippen LogP contribution in [0.25, 0.3) is 0 Å². The molecule has 23 heavy (non-hydrogen) atoms. The first kappa shape index (κ1) is 18.1. The molecule has 3 rings (SSSR count). The standard InChI is InChI=1S/C16H17ClN2O2S.ClH/c1-12-10-14(17)6-7-16(12)22(20,21)19-9-8-18-11-13-4-2-3-5-15(13)19;/h2-7,10,18H,8-9,11H2,1H3;1H. The molecule has 1 heterocycles. The zero-order valence-corrected chi connectivity index (χ0v) is 15.0. The number of anilines is 1. The lowest BCUT2D eigenvalue weighted by molar-refractivity contribution is 0.589. The van der Waals surface area contributed by atoms with Crippen LogP contribution in [0.2, 0.25) is 5.02 Å². The quantitative estimate of drug-likeness (QED) is 0.878. The van der Waals surface area contributed by atoms with Gasteiger partial charge < -0.3 is 5.32 Å². The van der Waals surface area contributed by atoms with Crippen molar-refractivity contribution in [1.29, 1.82) is 0 Å². The summed E-state index contributed by atoms with van der Waals surface area (Å²) in [5, 5.41) is 3.79. The summed E-state index contributed by atoms with van der Waals surface area (Å²) in [6.45, 7) is 3.45. The highest BCUT2D eigenvalue weighted by Gasteiger charge is 2.28. The Kier molecular flexibility index (Phi) is 5.57. The van der Waals surface area contributed by atoms with E-state index in [0.29, 0.717) is 35.1 Å². The molecule has 124 valence electrons. The average Bonchev–Trinajstić information content (AvgIpc) is 2.69. The van der Waals surface area contributed by atoms with Crippen molar-refractivity contribution in [2.45, 2.75) is 18.4 Å². The van der Waals surface area contributed by atoms with Crippen LogP contribution in [0.5, 0.6) is 0 Å². The van der Waals surface area contributed by atoms with Crippen LogP contribution in [0.1, 0.15) is 11.1 Å². The molecule has 2 aromatic carbocycles. The second-order valence-corrected chi connectivity index (χ2v) is 7.56. The van der Waals surface area contributed by atoms with E-state index in [1.807, 2.05) is 24.3 Å². The Hall–Kier alpha value is -1.27. The summed E-state index contributed by atoms with van der Waals surface area (Å²) < 4.78 is 27.7. The number of nitrogens with zero attached hydrogens (tertiary/aromatic N) is 1. The van der Waals surface area contributed by atoms with Crippen molar-refractivity contribution in [2.24, 2.45) is 0 Å². The molecule has 0 amide bonds. The molecule has 7 heteroatoms. The van der Waals surface area contributed by atoms with Gasteiger partial charge in [-0.15, -0.1) is 12.4 Å². The van der Waals surface area contributed by atoms with Gasteiger partial charge in [0.25, 0.3) is 10.0 Å². The van der Waals surface area contributed by atoms with Gasteiger partial charge in [0.05, 0.1) is 10.6 Å². The number of fused-ring (bicyclic) bond motifs is 1. The van der Waals surface area contributed by atoms with Crippen LogP contribution in [0.15, 0.2) is 47.4 Å². The minimum atomic E-state index is -3.61. The van der Waals surface area contributed by atoms with Crippen LogP contribution in [0, 0.1) is 6.92 Å². The van der Waals surface area contributed by atoms with E-state index >= 15 is 0 Å². The van der Waals surface area contributed by atoms with Crippen LogP contribution in [0.4, 0.5) is 5.69 Å². The minimum absolute atomic E-state index is 0. The number of aryl methyl sites for hydroxylation is 1. The third-order valence-electron chi connectivity index (χ3n) is 3.77. The Labute approximate surface area is 147 Å². The molecular formula is C16H18Cl2N2O2S. The molecule has 0 atom stereocenters. The van der Waals surface area contributed by atoms with Gasteiger partial charge in [-0.2, -0.15) is 0 Å². The summed E-state index contributed by atoms with van der Waals surface area (Å²) in [4.78, 5) is 0.300. The van der Waals surface area contributed by atoms with Gasteiger partial charge in [0.15, 0.2) is 0 Å². The van der Waals surface area contributed by atoms with E-state index in [0.717, 1.165) is 11.3 Å². The first-order valence-electron chi connectivity index (χ1n) is 7.07. The van der Waals surface area contributed by atoms with Crippen molar-refractivity contribution in [3.05, 3.63) is 58.6 Å². The highest BCUT2D eigenvalue weighted by Crippen LogP contribution is 2.30. The summed E-state index contributed by atoms with van der Waals surface area (Å²) in [5.41, 5.74) is 2.37. The van der Waals surface area contributed by atoms with E-state index in [1.165, 1.54) is 4.31 Å². The molecule has 4 nitrogen and oxygen atoms in total. The molecule has 0 aliphatic carbocycles. The second-order valence-electron chi connectivity index (χ2n) is 5.29. The normalized spacial score (nSPS) is 14.6. The number of rotatable bonds is 2. The molecule has 0 saturated heterocycles. The summed E-state index contributed by atoms with van der Waals surface area (Å²) in [7, 11) is -3.61. The van der Waals surface area contributed by atoms with E-state index < -0.39 is 10.0 Å². The van der Waals surface area contributed by atoms with Crippen LogP contribution in [-0.2, 0) is 16.6 Å². The molecule has 2 aromatic rings. The van der Waals surface area contributed by atoms with Crippen LogP contribution < -0.4 is 9.62 Å². The molecule has 0 aromatic heterocycles. The Morgan fingerprint density at radius 2 is 1.91 bits per heavy atom. The predicted octanol–water partition coefficient (Wildman–Crippen LogP) is 3.37. The highest BCUT2D eigenvalue weighted by molar-refractivity contribution is 7.92. The molecule has 0 spiro atoms. The number of hydrogen-bond acceptors (Lipinski definition) is 3. The smallest absolute Gasteiger partial charge is 0.264 e. The highest BCUT2D eigenvalue weighted by atomic mass is 35.5. The largest absolute Gasteiger partial charge is 0.311 e. The topological polar surface area (TPSA) is 49.4 Å². The van der Waals surface area contributed by atoms with Crippen molar-refractivity contribution >= 4 is 39.7 Å². The van der Waals surface area contributed by atoms with Crippen molar-refractivity contribution in [2.75, 3.05) is 17.4 Å². The minimum Gasteiger partial charge on any atom is -0.311 e. The van der Waals surface area contributed by atoms with E-state index in [4.69, 9.17) is 11.6 Å². The van der Waals surface area contributed by atoms with Crippen molar-refractivity contribution in [3.8, 4) is 0 Å². The lowest BCUT2D eigenvalue weighted by Crippen LogP contribution is -2.35. The molecular weight excluding hydrogens is 355 g/mol. The third kappa shape index (κ3) is 3.48. The van der Waals surface area contributed by atoms with Gasteiger partial charge in [-0.3, -0.25) is 4.31 Å². The maximum Gasteiger partial charge on any atom is 0.264 e. The Morgan fingerprint density at radius 1 is 1.17 bits per heavy atom. The van der Waals surface area contributed by atoms with Crippen molar-refractivity contribution < 1.29 is 8.42 Å². The van der Waals surface area contributed by atoms with Crippen LogP contribution in [-0.4, -0.2) is 21.5 Å². The number of sulfonamides is 1. The number of nitrogens with one attached hydrogen (secondary N) is 1. The predicted molar refractivity (Wildman–Crippen MR) is 96.1 cm³/mol. The first-order chi connectivity index (χ1) is 10.5. The molecule has 1 N–H and O–H groups in total. The Morgan fingerprint density at radius 3 is 2.65 bits per heavy atom. The first-order valence-corrected chi connectivity index (χ1v) is 8.89. The van der Waals surface area contributed by atoms with Crippen molar-refractivity contribution in [1.82, 2.24) is 5.32 Å². The fourth-order valence-electron chi connectivity index (χ4n) is 2.70. The van der Waals surface area contributed by atoms with Gasteiger partial charge in [-0.25, -0.2) is 8.42 Å². The molecule has 1 aliphatic heterocycles. The lowest BCUT2D eigenvalue weighted by atomic mass is 10.2. The van der Waals surface area contributed by atoms with E-state index in [1.54, 1.807) is 25.1 Å². The van der Waals surface area contributed by atoms with Crippen LogP contribution in [0.3, 0.4) is 0 Å². The monoisotopic (exact) mass is 372 g/mol. The number of para-hydroxylation sites is 1. The van der Waals surface area contributed by atoms with E-state index in [-0.39, 0.29) is 12.4 Å². The molecule has 0 fully saturated rings. The SMILES string of the molecule is Cc1cc(Cl)ccc1S(=O)(=O)N1CCNCc2ccccc21.Cl. The summed E-state index contributed by atoms with van der Waals surface area (Å²) in [6.07, 6.45) is 0. The zero-order chi connectivity index (χ0) is 15.7. The fourth-order valence-corrected chi connectivity index (χ4v) is 4.64. The second kappa shape index (κ2) is 7.09. The summed E-state index contributed by atoms with van der Waals surface area (Å²) >= 11 is 5.94. The zero-order valence-electron chi connectivity index (χ0n) is 12.6. The Balaban J connectivity index is 0.00000192. The molecule has 0 saturated carbocycles. The number of benzene rings is 2. The maximum atomic E-state index is 13.1. The molecule has 0 unspecified atom stereocenters. The van der Waals surface area contributed by atoms with Gasteiger partial charge in [0.1, 0.15) is 0 Å². The van der Waals surface area contributed by atoms with Gasteiger partial charge >= 0.3 is 0 Å². The summed E-state index contributed by atoms with van der Waals surface area (Å²) in [6, 6.07) is 12.5. The Bertz CT molecular complexity index is 809. The lowest BCUT2D eigenvalue weighted by Gasteiger charge is -2.25. The average molecular weight is 373 g/mol. The fraction of sp³-hybridized carbons (Fsp3) is 0.250. The summed E-state index contributed by atoms with van der Waals surface area (Å²) in [5.74, 6) is 0. The van der Waals surface area contributed by atoms with Gasteiger partial charge in [0.2, 0.25) is 0 Å². The van der Waals surface area contributed by atoms with Gasteiger partial charge in [-0.1, -0.05) is 29.8 Å². The van der Waals surface area contributed by atoms with E-state index in [2.05, 4.69) is 5.32 Å². The molecule has 1 aliphatic rings. The van der Waals surface area contributed by atoms with Gasteiger partial charge in [0, 0.05) is 24.7 Å². The number of hydrogen-bond donors (Lipinski definition) is 1. The third-order valence-corrected chi connectivity index (χ3v) is 5.98. The van der Waals surface area contributed by atoms with Crippen LogP contribution >= 0.6 is 24.0 Å². The number of halogens is 2. The molecule has 0 radical (unpaired) electrons.